The molecular formula is C25H22BrNO5. The third-order valence-electron chi connectivity index (χ3n) is 5.46. The first-order valence-electron chi connectivity index (χ1n) is 10.1. The van der Waals surface area contributed by atoms with E-state index in [1.807, 2.05) is 12.1 Å². The molecule has 32 heavy (non-hydrogen) atoms. The van der Waals surface area contributed by atoms with Crippen LogP contribution in [0.3, 0.4) is 0 Å². The van der Waals surface area contributed by atoms with Crippen molar-refractivity contribution >= 4 is 33.3 Å². The number of fused-ring (bicyclic) bond motifs is 1. The maximum atomic E-state index is 13.3. The van der Waals surface area contributed by atoms with E-state index in [9.17, 15) is 14.7 Å². The Morgan fingerprint density at radius 2 is 1.66 bits per heavy atom. The van der Waals surface area contributed by atoms with Crippen LogP contribution >= 0.6 is 15.9 Å². The first kappa shape index (κ1) is 22.0. The molecular weight excluding hydrogens is 474 g/mol. The van der Waals surface area contributed by atoms with E-state index in [1.54, 1.807) is 67.8 Å². The van der Waals surface area contributed by atoms with Crippen molar-refractivity contribution in [3.05, 3.63) is 88.4 Å². The third kappa shape index (κ3) is 4.13. The van der Waals surface area contributed by atoms with Gasteiger partial charge in [-0.05, 0) is 30.3 Å². The Labute approximate surface area is 194 Å². The lowest BCUT2D eigenvalue weighted by atomic mass is 9.88. The Morgan fingerprint density at radius 3 is 2.38 bits per heavy atom. The fraction of sp³-hybridized carbons (Fsp3) is 0.200. The van der Waals surface area contributed by atoms with Crippen LogP contribution in [0.4, 0.5) is 5.69 Å². The van der Waals surface area contributed by atoms with Gasteiger partial charge in [0.1, 0.15) is 6.61 Å². The number of hydrogen-bond donors (Lipinski definition) is 1. The van der Waals surface area contributed by atoms with Crippen molar-refractivity contribution in [3.8, 4) is 11.5 Å². The summed E-state index contributed by atoms with van der Waals surface area (Å²) >= 11 is 3.34. The van der Waals surface area contributed by atoms with Gasteiger partial charge in [-0.2, -0.15) is 0 Å². The van der Waals surface area contributed by atoms with E-state index in [1.165, 1.54) is 4.90 Å². The smallest absolute Gasteiger partial charge is 0.264 e. The number of para-hydroxylation sites is 3. The Hall–Kier alpha value is -3.16. The zero-order valence-corrected chi connectivity index (χ0v) is 19.0. The van der Waals surface area contributed by atoms with Gasteiger partial charge < -0.3 is 19.5 Å². The van der Waals surface area contributed by atoms with Gasteiger partial charge in [-0.3, -0.25) is 9.59 Å². The van der Waals surface area contributed by atoms with Gasteiger partial charge in [-0.15, -0.1) is 0 Å². The number of halogens is 1. The minimum absolute atomic E-state index is 0.192. The second-order valence-electron chi connectivity index (χ2n) is 7.44. The molecule has 0 radical (unpaired) electrons. The molecule has 0 fully saturated rings. The molecule has 3 aromatic rings. The minimum Gasteiger partial charge on any atom is -0.493 e. The molecule has 1 unspecified atom stereocenters. The van der Waals surface area contributed by atoms with Gasteiger partial charge in [-0.25, -0.2) is 0 Å². The summed E-state index contributed by atoms with van der Waals surface area (Å²) < 4.78 is 11.9. The molecule has 1 amide bonds. The highest BCUT2D eigenvalue weighted by atomic mass is 79.9. The molecule has 0 aromatic heterocycles. The van der Waals surface area contributed by atoms with Gasteiger partial charge >= 0.3 is 0 Å². The van der Waals surface area contributed by atoms with E-state index in [0.717, 1.165) is 4.47 Å². The summed E-state index contributed by atoms with van der Waals surface area (Å²) in [7, 11) is 1.56. The summed E-state index contributed by atoms with van der Waals surface area (Å²) in [5, 5.41) is 11.4. The maximum absolute atomic E-state index is 13.3. The molecule has 3 aromatic carbocycles. The zero-order chi connectivity index (χ0) is 22.7. The second-order valence-corrected chi connectivity index (χ2v) is 8.36. The van der Waals surface area contributed by atoms with E-state index in [-0.39, 0.29) is 25.4 Å². The molecule has 1 atom stereocenters. The summed E-state index contributed by atoms with van der Waals surface area (Å²) in [6.45, 7) is 0.403. The van der Waals surface area contributed by atoms with Crippen molar-refractivity contribution in [1.29, 1.82) is 0 Å². The average molecular weight is 496 g/mol. The first-order chi connectivity index (χ1) is 15.4. The maximum Gasteiger partial charge on any atom is 0.264 e. The Morgan fingerprint density at radius 1 is 1.00 bits per heavy atom. The number of carbonyl (C=O) groups is 2. The van der Waals surface area contributed by atoms with Gasteiger partial charge in [0.05, 0.1) is 25.8 Å². The molecule has 0 bridgehead atoms. The van der Waals surface area contributed by atoms with Crippen LogP contribution < -0.4 is 14.4 Å². The molecule has 1 heterocycles. The van der Waals surface area contributed by atoms with E-state index in [0.29, 0.717) is 28.3 Å². The molecule has 164 valence electrons. The summed E-state index contributed by atoms with van der Waals surface area (Å²) in [4.78, 5) is 27.6. The van der Waals surface area contributed by atoms with Gasteiger partial charge in [0.15, 0.2) is 22.9 Å². The Balaban J connectivity index is 1.53. The standard InChI is InChI=1S/C25H22BrNO5/c1-31-22-8-4-5-9-23(22)32-15-14-27-20-7-3-2-6-19(20)25(30,24(27)29)16-21(28)17-10-12-18(26)13-11-17/h2-13,30H,14-16H2,1H3. The summed E-state index contributed by atoms with van der Waals surface area (Å²) in [5.74, 6) is 0.316. The van der Waals surface area contributed by atoms with Crippen LogP contribution in [0.1, 0.15) is 22.3 Å². The number of anilines is 1. The fourth-order valence-corrected chi connectivity index (χ4v) is 4.12. The summed E-state index contributed by atoms with van der Waals surface area (Å²) in [5.41, 5.74) is -0.490. The van der Waals surface area contributed by atoms with Crippen LogP contribution in [0.25, 0.3) is 0 Å². The molecule has 0 aliphatic carbocycles. The molecule has 0 saturated carbocycles. The second kappa shape index (κ2) is 9.14. The molecule has 0 saturated heterocycles. The minimum atomic E-state index is -1.93. The van der Waals surface area contributed by atoms with Crippen LogP contribution in [-0.2, 0) is 10.4 Å². The lowest BCUT2D eigenvalue weighted by Crippen LogP contribution is -2.43. The van der Waals surface area contributed by atoms with Crippen molar-refractivity contribution < 1.29 is 24.2 Å². The van der Waals surface area contributed by atoms with Gasteiger partial charge in [0.2, 0.25) is 0 Å². The number of benzene rings is 3. The number of rotatable bonds is 8. The van der Waals surface area contributed by atoms with Crippen LogP contribution in [0, 0.1) is 0 Å². The van der Waals surface area contributed by atoms with Crippen molar-refractivity contribution in [2.24, 2.45) is 0 Å². The lowest BCUT2D eigenvalue weighted by molar-refractivity contribution is -0.135. The zero-order valence-electron chi connectivity index (χ0n) is 17.5. The molecule has 4 rings (SSSR count). The van der Waals surface area contributed by atoms with Crippen LogP contribution in [0.2, 0.25) is 0 Å². The largest absolute Gasteiger partial charge is 0.493 e. The van der Waals surface area contributed by atoms with E-state index < -0.39 is 11.5 Å². The highest BCUT2D eigenvalue weighted by Gasteiger charge is 2.50. The topological polar surface area (TPSA) is 76.1 Å². The molecule has 1 aliphatic heterocycles. The number of ether oxygens (including phenoxy) is 2. The number of Topliss-reactive ketones (excluding diaryl/α,β-unsaturated/α-hetero) is 1. The normalized spacial score (nSPS) is 17.2. The third-order valence-corrected chi connectivity index (χ3v) is 5.99. The Kier molecular flexibility index (Phi) is 6.30. The fourth-order valence-electron chi connectivity index (χ4n) is 3.85. The van der Waals surface area contributed by atoms with Crippen molar-refractivity contribution in [1.82, 2.24) is 0 Å². The molecule has 1 N–H and O–H groups in total. The lowest BCUT2D eigenvalue weighted by Gasteiger charge is -2.23. The van der Waals surface area contributed by atoms with Crippen LogP contribution in [-0.4, -0.2) is 37.1 Å². The Bertz CT molecular complexity index is 1150. The highest BCUT2D eigenvalue weighted by Crippen LogP contribution is 2.42. The number of aliphatic hydroxyl groups is 1. The molecule has 7 heteroatoms. The number of hydrogen-bond acceptors (Lipinski definition) is 5. The van der Waals surface area contributed by atoms with E-state index in [2.05, 4.69) is 15.9 Å². The number of ketones is 1. The van der Waals surface area contributed by atoms with Crippen molar-refractivity contribution in [3.63, 3.8) is 0 Å². The van der Waals surface area contributed by atoms with Gasteiger partial charge in [-0.1, -0.05) is 58.4 Å². The highest BCUT2D eigenvalue weighted by molar-refractivity contribution is 9.10. The van der Waals surface area contributed by atoms with Crippen LogP contribution in [0.5, 0.6) is 11.5 Å². The number of nitrogens with zero attached hydrogens (tertiary/aromatic N) is 1. The molecule has 1 aliphatic rings. The predicted molar refractivity (Wildman–Crippen MR) is 124 cm³/mol. The monoisotopic (exact) mass is 495 g/mol. The van der Waals surface area contributed by atoms with E-state index in [4.69, 9.17) is 9.47 Å². The number of carbonyl (C=O) groups excluding carboxylic acids is 2. The van der Waals surface area contributed by atoms with Crippen molar-refractivity contribution in [2.45, 2.75) is 12.0 Å². The van der Waals surface area contributed by atoms with Crippen LogP contribution in [0.15, 0.2) is 77.3 Å². The number of methoxy groups -OCH3 is 1. The average Bonchev–Trinajstić information content (AvgIpc) is 3.01. The SMILES string of the molecule is COc1ccccc1OCCN1C(=O)C(O)(CC(=O)c2ccc(Br)cc2)c2ccccc21. The number of amides is 1. The van der Waals surface area contributed by atoms with Gasteiger partial charge in [0.25, 0.3) is 5.91 Å². The quantitative estimate of drug-likeness (QED) is 0.470. The summed E-state index contributed by atoms with van der Waals surface area (Å²) in [6.07, 6.45) is -0.339. The predicted octanol–water partition coefficient (Wildman–Crippen LogP) is 4.34. The molecule has 6 nitrogen and oxygen atoms in total. The van der Waals surface area contributed by atoms with Crippen molar-refractivity contribution in [2.75, 3.05) is 25.2 Å². The first-order valence-corrected chi connectivity index (χ1v) is 10.9. The van der Waals surface area contributed by atoms with E-state index >= 15 is 0 Å². The van der Waals surface area contributed by atoms with Gasteiger partial charge in [0, 0.05) is 15.6 Å². The summed E-state index contributed by atoms with van der Waals surface area (Å²) in [6, 6.07) is 21.1. The molecule has 0 spiro atoms.